The van der Waals surface area contributed by atoms with Gasteiger partial charge in [0.15, 0.2) is 5.78 Å². The number of hydrogen-bond donors (Lipinski definition) is 1. The number of halogens is 2. The lowest BCUT2D eigenvalue weighted by Gasteiger charge is -2.23. The van der Waals surface area contributed by atoms with Gasteiger partial charge in [0.25, 0.3) is 0 Å². The standard InChI is InChI=1S/C24H29F2N3O2/c1-5-10-24(4,27)11-9-21(30)23-16(3)28-29-20(23)12-15(2)13-22(29)31-14-17-18(25)7-6-8-19(17)26/h6-8,12-13H,5,9-11,14,27H2,1-4H3/i5D2. The van der Waals surface area contributed by atoms with Gasteiger partial charge in [-0.15, -0.1) is 0 Å². The van der Waals surface area contributed by atoms with Crippen LogP contribution in [-0.2, 0) is 6.61 Å². The highest BCUT2D eigenvalue weighted by Gasteiger charge is 2.23. The van der Waals surface area contributed by atoms with Gasteiger partial charge in [-0.25, -0.2) is 13.3 Å². The van der Waals surface area contributed by atoms with Crippen molar-refractivity contribution in [2.45, 2.75) is 65.5 Å². The van der Waals surface area contributed by atoms with Crippen molar-refractivity contribution in [3.8, 4) is 5.88 Å². The highest BCUT2D eigenvalue weighted by atomic mass is 19.1. The smallest absolute Gasteiger partial charge is 0.215 e. The molecule has 2 aromatic heterocycles. The number of fused-ring (bicyclic) bond motifs is 1. The Bertz CT molecular complexity index is 1170. The highest BCUT2D eigenvalue weighted by molar-refractivity contribution is 6.03. The van der Waals surface area contributed by atoms with Gasteiger partial charge in [0.05, 0.1) is 22.3 Å². The number of aryl methyl sites for hydroxylation is 2. The van der Waals surface area contributed by atoms with E-state index in [0.29, 0.717) is 23.2 Å². The van der Waals surface area contributed by atoms with Crippen molar-refractivity contribution >= 4 is 11.3 Å². The van der Waals surface area contributed by atoms with Crippen molar-refractivity contribution in [2.75, 3.05) is 0 Å². The molecule has 0 saturated heterocycles. The van der Waals surface area contributed by atoms with Crippen molar-refractivity contribution < 1.29 is 21.1 Å². The molecule has 0 fully saturated rings. The molecule has 0 spiro atoms. The fourth-order valence-electron chi connectivity index (χ4n) is 3.64. The van der Waals surface area contributed by atoms with Crippen molar-refractivity contribution in [2.24, 2.45) is 5.73 Å². The lowest BCUT2D eigenvalue weighted by Crippen LogP contribution is -2.36. The third-order valence-electron chi connectivity index (χ3n) is 5.23. The molecule has 0 aliphatic rings. The number of ether oxygens (including phenoxy) is 1. The van der Waals surface area contributed by atoms with Crippen molar-refractivity contribution in [3.05, 3.63) is 64.4 Å². The van der Waals surface area contributed by atoms with E-state index < -0.39 is 23.5 Å². The minimum Gasteiger partial charge on any atom is -0.473 e. The Morgan fingerprint density at radius 2 is 1.94 bits per heavy atom. The lowest BCUT2D eigenvalue weighted by atomic mass is 9.89. The quantitative estimate of drug-likeness (QED) is 0.468. The van der Waals surface area contributed by atoms with Crippen LogP contribution in [-0.4, -0.2) is 20.9 Å². The number of nitrogens with zero attached hydrogens (tertiary/aromatic N) is 2. The number of pyridine rings is 1. The first-order valence-electron chi connectivity index (χ1n) is 11.2. The summed E-state index contributed by atoms with van der Waals surface area (Å²) in [6.45, 7) is 6.41. The Balaban J connectivity index is 1.87. The molecule has 0 amide bonds. The molecule has 3 aromatic rings. The average Bonchev–Trinajstić information content (AvgIpc) is 2.99. The van der Waals surface area contributed by atoms with E-state index >= 15 is 0 Å². The first-order valence-corrected chi connectivity index (χ1v) is 10.2. The van der Waals surface area contributed by atoms with E-state index in [0.717, 1.165) is 17.7 Å². The molecule has 1 unspecified atom stereocenters. The Morgan fingerprint density at radius 1 is 1.26 bits per heavy atom. The Hall–Kier alpha value is -2.80. The molecule has 0 aliphatic carbocycles. The molecular formula is C24H29F2N3O2. The van der Waals surface area contributed by atoms with Crippen LogP contribution in [0.5, 0.6) is 5.88 Å². The van der Waals surface area contributed by atoms with Gasteiger partial charge in [-0.3, -0.25) is 4.79 Å². The molecule has 0 bridgehead atoms. The van der Waals surface area contributed by atoms with Crippen LogP contribution in [0.25, 0.3) is 5.52 Å². The van der Waals surface area contributed by atoms with E-state index in [4.69, 9.17) is 13.2 Å². The maximum Gasteiger partial charge on any atom is 0.215 e. The SMILES string of the molecule is [2H]C([2H])(C)CC(C)(N)CCC(=O)c1c(C)nn2c(OCc3c(F)cccc3F)cc(C)cc12. The van der Waals surface area contributed by atoms with Crippen LogP contribution in [0.15, 0.2) is 30.3 Å². The summed E-state index contributed by atoms with van der Waals surface area (Å²) in [5.41, 5.74) is 7.46. The number of nitrogens with two attached hydrogens (primary N) is 1. The number of carbonyl (C=O) groups is 1. The van der Waals surface area contributed by atoms with E-state index in [1.54, 1.807) is 26.0 Å². The highest BCUT2D eigenvalue weighted by Crippen LogP contribution is 2.27. The van der Waals surface area contributed by atoms with Crippen molar-refractivity contribution in [1.82, 2.24) is 9.61 Å². The number of hydrogen-bond acceptors (Lipinski definition) is 4. The molecular weight excluding hydrogens is 400 g/mol. The fraction of sp³-hybridized carbons (Fsp3) is 0.417. The van der Waals surface area contributed by atoms with Gasteiger partial charge in [0, 0.05) is 20.8 Å². The van der Waals surface area contributed by atoms with Crippen LogP contribution in [0.4, 0.5) is 8.78 Å². The Kier molecular flexibility index (Phi) is 5.93. The minimum atomic E-state index is -1.44. The summed E-state index contributed by atoms with van der Waals surface area (Å²) in [7, 11) is 0. The molecule has 2 heterocycles. The Labute approximate surface area is 184 Å². The summed E-state index contributed by atoms with van der Waals surface area (Å²) >= 11 is 0. The van der Waals surface area contributed by atoms with Gasteiger partial charge >= 0.3 is 0 Å². The molecule has 0 radical (unpaired) electrons. The first-order chi connectivity index (χ1) is 15.3. The van der Waals surface area contributed by atoms with Crippen LogP contribution in [0.2, 0.25) is 0 Å². The van der Waals surface area contributed by atoms with E-state index in [2.05, 4.69) is 5.10 Å². The number of ketones is 1. The summed E-state index contributed by atoms with van der Waals surface area (Å²) in [6, 6.07) is 7.10. The van der Waals surface area contributed by atoms with E-state index in [1.807, 2.05) is 6.92 Å². The molecule has 31 heavy (non-hydrogen) atoms. The second-order valence-electron chi connectivity index (χ2n) is 8.22. The van der Waals surface area contributed by atoms with Crippen LogP contribution < -0.4 is 10.5 Å². The molecule has 2 N–H and O–H groups in total. The van der Waals surface area contributed by atoms with Crippen LogP contribution >= 0.6 is 0 Å². The van der Waals surface area contributed by atoms with Crippen LogP contribution in [0.3, 0.4) is 0 Å². The molecule has 1 atom stereocenters. The van der Waals surface area contributed by atoms with Crippen LogP contribution in [0, 0.1) is 25.5 Å². The number of Topliss-reactive ketones (excluding diaryl/α,β-unsaturated/α-hetero) is 1. The third-order valence-corrected chi connectivity index (χ3v) is 5.23. The normalized spacial score (nSPS) is 14.8. The maximum atomic E-state index is 14.0. The zero-order chi connectivity index (χ0) is 24.6. The summed E-state index contributed by atoms with van der Waals surface area (Å²) in [5, 5.41) is 4.43. The second kappa shape index (κ2) is 9.14. The predicted octanol–water partition coefficient (Wildman–Crippen LogP) is 5.29. The summed E-state index contributed by atoms with van der Waals surface area (Å²) < 4.78 is 50.7. The average molecular weight is 432 g/mol. The van der Waals surface area contributed by atoms with Gasteiger partial charge < -0.3 is 10.5 Å². The molecule has 0 aliphatic heterocycles. The number of rotatable bonds is 9. The van der Waals surface area contributed by atoms with Crippen molar-refractivity contribution in [3.63, 3.8) is 0 Å². The largest absolute Gasteiger partial charge is 0.473 e. The second-order valence-corrected chi connectivity index (χ2v) is 8.22. The Morgan fingerprint density at radius 3 is 2.58 bits per heavy atom. The zero-order valence-corrected chi connectivity index (χ0v) is 18.3. The van der Waals surface area contributed by atoms with Gasteiger partial charge in [-0.1, -0.05) is 19.4 Å². The van der Waals surface area contributed by atoms with E-state index in [-0.39, 0.29) is 36.7 Å². The number of benzene rings is 1. The predicted molar refractivity (Wildman–Crippen MR) is 116 cm³/mol. The molecule has 166 valence electrons. The zero-order valence-electron chi connectivity index (χ0n) is 20.3. The van der Waals surface area contributed by atoms with E-state index in [1.165, 1.54) is 17.5 Å². The summed E-state index contributed by atoms with van der Waals surface area (Å²) in [6.07, 6.45) is -0.855. The molecule has 1 aromatic carbocycles. The first kappa shape index (κ1) is 20.1. The maximum absolute atomic E-state index is 14.0. The van der Waals surface area contributed by atoms with Gasteiger partial charge in [0.2, 0.25) is 5.88 Å². The summed E-state index contributed by atoms with van der Waals surface area (Å²) in [4.78, 5) is 13.1. The number of aromatic nitrogens is 2. The van der Waals surface area contributed by atoms with Gasteiger partial charge in [-0.2, -0.15) is 5.10 Å². The van der Waals surface area contributed by atoms with Crippen LogP contribution in [0.1, 0.15) is 69.4 Å². The molecule has 7 heteroatoms. The molecule has 3 rings (SSSR count). The minimum absolute atomic E-state index is 0.130. The van der Waals surface area contributed by atoms with Gasteiger partial charge in [-0.05, 0) is 57.4 Å². The third kappa shape index (κ3) is 5.10. The van der Waals surface area contributed by atoms with E-state index in [9.17, 15) is 13.6 Å². The van der Waals surface area contributed by atoms with Gasteiger partial charge in [0.1, 0.15) is 18.2 Å². The monoisotopic (exact) mass is 431 g/mol. The lowest BCUT2D eigenvalue weighted by molar-refractivity contribution is 0.0971. The van der Waals surface area contributed by atoms with Crippen molar-refractivity contribution in [1.29, 1.82) is 0 Å². The molecule has 5 nitrogen and oxygen atoms in total. The fourth-order valence-corrected chi connectivity index (χ4v) is 3.64. The topological polar surface area (TPSA) is 69.6 Å². The summed E-state index contributed by atoms with van der Waals surface area (Å²) in [5.74, 6) is -1.30. The number of carbonyl (C=O) groups excluding carboxylic acids is 1. The molecule has 0 saturated carbocycles.